The number of halogens is 1. The lowest BCUT2D eigenvalue weighted by Crippen LogP contribution is -2.42. The number of hydrogen-bond donors (Lipinski definition) is 1. The van der Waals surface area contributed by atoms with Gasteiger partial charge in [-0.1, -0.05) is 30.3 Å². The van der Waals surface area contributed by atoms with Crippen LogP contribution < -0.4 is 14.9 Å². The topological polar surface area (TPSA) is 80.2 Å². The molecule has 36 heavy (non-hydrogen) atoms. The number of likely N-dealkylation sites (tertiary alicyclic amines) is 1. The third-order valence-corrected chi connectivity index (χ3v) is 6.06. The maximum atomic E-state index is 13.1. The van der Waals surface area contributed by atoms with Gasteiger partial charge in [-0.05, 0) is 66.4 Å². The molecule has 1 saturated heterocycles. The van der Waals surface area contributed by atoms with Crippen molar-refractivity contribution in [2.75, 3.05) is 20.2 Å². The molecule has 4 rings (SSSR count). The fraction of sp³-hybridized carbons (Fsp3) is 0.250. The maximum absolute atomic E-state index is 13.1. The Morgan fingerprint density at radius 1 is 1.03 bits per heavy atom. The number of ether oxygens (including phenoxy) is 2. The Labute approximate surface area is 209 Å². The molecule has 3 aromatic rings. The lowest BCUT2D eigenvalue weighted by molar-refractivity contribution is -0.126. The molecule has 7 nitrogen and oxygen atoms in total. The van der Waals surface area contributed by atoms with Gasteiger partial charge < -0.3 is 14.4 Å². The van der Waals surface area contributed by atoms with Crippen LogP contribution in [0.25, 0.3) is 0 Å². The van der Waals surface area contributed by atoms with Gasteiger partial charge in [0.25, 0.3) is 5.91 Å². The molecule has 1 aliphatic heterocycles. The van der Waals surface area contributed by atoms with Crippen molar-refractivity contribution in [3.05, 3.63) is 95.3 Å². The quantitative estimate of drug-likeness (QED) is 0.375. The molecule has 0 radical (unpaired) electrons. The lowest BCUT2D eigenvalue weighted by Gasteiger charge is -2.31. The van der Waals surface area contributed by atoms with Crippen LogP contribution in [-0.2, 0) is 11.4 Å². The van der Waals surface area contributed by atoms with E-state index in [4.69, 9.17) is 9.47 Å². The van der Waals surface area contributed by atoms with Gasteiger partial charge in [0.05, 0.1) is 13.3 Å². The number of methoxy groups -OCH3 is 1. The Bertz CT molecular complexity index is 1210. The second-order valence-corrected chi connectivity index (χ2v) is 8.49. The van der Waals surface area contributed by atoms with Crippen LogP contribution >= 0.6 is 0 Å². The second kappa shape index (κ2) is 12.0. The molecule has 1 heterocycles. The molecule has 0 atom stereocenters. The van der Waals surface area contributed by atoms with Crippen LogP contribution in [0.2, 0.25) is 0 Å². The van der Waals surface area contributed by atoms with Gasteiger partial charge in [0.2, 0.25) is 5.91 Å². The minimum atomic E-state index is -0.381. The number of piperidine rings is 1. The van der Waals surface area contributed by atoms with E-state index in [0.29, 0.717) is 49.6 Å². The van der Waals surface area contributed by atoms with Crippen molar-refractivity contribution in [1.82, 2.24) is 10.3 Å². The zero-order valence-corrected chi connectivity index (χ0v) is 20.0. The van der Waals surface area contributed by atoms with Crippen LogP contribution in [-0.4, -0.2) is 43.1 Å². The zero-order chi connectivity index (χ0) is 25.3. The van der Waals surface area contributed by atoms with Crippen LogP contribution in [0.3, 0.4) is 0 Å². The number of rotatable bonds is 8. The summed E-state index contributed by atoms with van der Waals surface area (Å²) < 4.78 is 24.4. The number of carbonyl (C=O) groups is 2. The molecule has 0 spiro atoms. The largest absolute Gasteiger partial charge is 0.493 e. The summed E-state index contributed by atoms with van der Waals surface area (Å²) in [4.78, 5) is 26.8. The Hall–Kier alpha value is -4.20. The van der Waals surface area contributed by atoms with Crippen LogP contribution in [0.1, 0.15) is 34.3 Å². The minimum absolute atomic E-state index is 0.156. The van der Waals surface area contributed by atoms with E-state index in [1.165, 1.54) is 24.3 Å². The van der Waals surface area contributed by atoms with Crippen molar-refractivity contribution in [1.29, 1.82) is 0 Å². The SMILES string of the molecule is COc1cc(/C=N/NC(=O)C2CCN(C(=O)c3ccc(F)cc3)CC2)ccc1OCc1ccccc1. The highest BCUT2D eigenvalue weighted by molar-refractivity contribution is 5.94. The molecule has 3 aromatic carbocycles. The first-order valence-corrected chi connectivity index (χ1v) is 11.8. The third kappa shape index (κ3) is 6.47. The molecule has 0 bridgehead atoms. The van der Waals surface area contributed by atoms with E-state index in [9.17, 15) is 14.0 Å². The van der Waals surface area contributed by atoms with E-state index in [-0.39, 0.29) is 23.5 Å². The van der Waals surface area contributed by atoms with Crippen LogP contribution in [0, 0.1) is 11.7 Å². The van der Waals surface area contributed by atoms with E-state index in [0.717, 1.165) is 11.1 Å². The van der Waals surface area contributed by atoms with E-state index >= 15 is 0 Å². The first kappa shape index (κ1) is 24.9. The highest BCUT2D eigenvalue weighted by Gasteiger charge is 2.27. The summed E-state index contributed by atoms with van der Waals surface area (Å²) in [5.74, 6) is 0.229. The number of amides is 2. The summed E-state index contributed by atoms with van der Waals surface area (Å²) in [6.45, 7) is 1.34. The molecular formula is C28H28FN3O4. The number of nitrogens with zero attached hydrogens (tertiary/aromatic N) is 2. The number of hydrogen-bond acceptors (Lipinski definition) is 5. The first-order valence-electron chi connectivity index (χ1n) is 11.8. The standard InChI is InChI=1S/C28H28FN3O4/c1-35-26-17-21(7-12-25(26)36-19-20-5-3-2-4-6-20)18-30-31-27(33)22-13-15-32(16-14-22)28(34)23-8-10-24(29)11-9-23/h2-12,17-18,22H,13-16,19H2,1H3,(H,31,33)/b30-18+. The monoisotopic (exact) mass is 489 g/mol. The fourth-order valence-electron chi connectivity index (χ4n) is 4.00. The maximum Gasteiger partial charge on any atom is 0.253 e. The molecule has 0 unspecified atom stereocenters. The van der Waals surface area contributed by atoms with Crippen molar-refractivity contribution in [2.24, 2.45) is 11.0 Å². The van der Waals surface area contributed by atoms with Crippen molar-refractivity contribution in [2.45, 2.75) is 19.4 Å². The summed E-state index contributed by atoms with van der Waals surface area (Å²) in [6, 6.07) is 20.8. The predicted octanol–water partition coefficient (Wildman–Crippen LogP) is 4.42. The predicted molar refractivity (Wildman–Crippen MR) is 135 cm³/mol. The van der Waals surface area contributed by atoms with E-state index in [1.54, 1.807) is 30.4 Å². The summed E-state index contributed by atoms with van der Waals surface area (Å²) in [5.41, 5.74) is 4.84. The van der Waals surface area contributed by atoms with E-state index in [2.05, 4.69) is 10.5 Å². The normalized spacial score (nSPS) is 14.0. The summed E-state index contributed by atoms with van der Waals surface area (Å²) in [6.07, 6.45) is 2.62. The van der Waals surface area contributed by atoms with Crippen molar-refractivity contribution >= 4 is 18.0 Å². The van der Waals surface area contributed by atoms with Gasteiger partial charge in [0.1, 0.15) is 12.4 Å². The summed E-state index contributed by atoms with van der Waals surface area (Å²) in [5, 5.41) is 4.09. The van der Waals surface area contributed by atoms with Crippen LogP contribution in [0.4, 0.5) is 4.39 Å². The average Bonchev–Trinajstić information content (AvgIpc) is 2.93. The molecular weight excluding hydrogens is 461 g/mol. The van der Waals surface area contributed by atoms with Crippen molar-refractivity contribution in [3.63, 3.8) is 0 Å². The average molecular weight is 490 g/mol. The second-order valence-electron chi connectivity index (χ2n) is 8.49. The van der Waals surface area contributed by atoms with Crippen LogP contribution in [0.5, 0.6) is 11.5 Å². The van der Waals surface area contributed by atoms with E-state index < -0.39 is 0 Å². The molecule has 8 heteroatoms. The first-order chi connectivity index (χ1) is 17.5. The van der Waals surface area contributed by atoms with Gasteiger partial charge in [-0.3, -0.25) is 9.59 Å². The zero-order valence-electron chi connectivity index (χ0n) is 20.0. The molecule has 1 fully saturated rings. The smallest absolute Gasteiger partial charge is 0.253 e. The van der Waals surface area contributed by atoms with Gasteiger partial charge >= 0.3 is 0 Å². The van der Waals surface area contributed by atoms with Gasteiger partial charge in [0, 0.05) is 24.6 Å². The molecule has 2 amide bonds. The number of hydrazone groups is 1. The third-order valence-electron chi connectivity index (χ3n) is 6.06. The number of benzene rings is 3. The highest BCUT2D eigenvalue weighted by Crippen LogP contribution is 2.28. The Morgan fingerprint density at radius 3 is 2.44 bits per heavy atom. The Kier molecular flexibility index (Phi) is 8.28. The van der Waals surface area contributed by atoms with Crippen LogP contribution in [0.15, 0.2) is 77.9 Å². The fourth-order valence-corrected chi connectivity index (χ4v) is 4.00. The lowest BCUT2D eigenvalue weighted by atomic mass is 9.95. The van der Waals surface area contributed by atoms with Gasteiger partial charge in [-0.15, -0.1) is 0 Å². The van der Waals surface area contributed by atoms with Crippen molar-refractivity contribution in [3.8, 4) is 11.5 Å². The molecule has 1 N–H and O–H groups in total. The summed E-state index contributed by atoms with van der Waals surface area (Å²) in [7, 11) is 1.57. The molecule has 1 aliphatic rings. The molecule has 0 saturated carbocycles. The molecule has 0 aromatic heterocycles. The molecule has 0 aliphatic carbocycles. The number of nitrogens with one attached hydrogen (secondary N) is 1. The van der Waals surface area contributed by atoms with Gasteiger partial charge in [-0.25, -0.2) is 9.82 Å². The van der Waals surface area contributed by atoms with E-state index in [1.807, 2.05) is 36.4 Å². The van der Waals surface area contributed by atoms with Gasteiger partial charge in [0.15, 0.2) is 11.5 Å². The number of carbonyl (C=O) groups excluding carboxylic acids is 2. The van der Waals surface area contributed by atoms with Crippen molar-refractivity contribution < 1.29 is 23.5 Å². The summed E-state index contributed by atoms with van der Waals surface area (Å²) >= 11 is 0. The minimum Gasteiger partial charge on any atom is -0.493 e. The Balaban J connectivity index is 1.26. The highest BCUT2D eigenvalue weighted by atomic mass is 19.1. The molecule has 186 valence electrons. The Morgan fingerprint density at radius 2 is 1.75 bits per heavy atom. The van der Waals surface area contributed by atoms with Gasteiger partial charge in [-0.2, -0.15) is 5.10 Å².